The Morgan fingerprint density at radius 2 is 1.89 bits per heavy atom. The molecule has 0 spiro atoms. The van der Waals surface area contributed by atoms with Crippen LogP contribution in [0.4, 0.5) is 11.5 Å². The average Bonchev–Trinajstić information content (AvgIpc) is 2.32. The summed E-state index contributed by atoms with van der Waals surface area (Å²) in [4.78, 5) is 16.1. The standard InChI is InChI=1S/C13H11Cl2N3O/c1-7-5-8(6-11(16)17-7)13(19)18-12-9(14)3-2-4-10(12)15/h2-6H,1H3,(H2,16,17)(H,18,19). The van der Waals surface area contributed by atoms with Gasteiger partial charge in [0.25, 0.3) is 5.91 Å². The SMILES string of the molecule is Cc1cc(C(=O)Nc2c(Cl)cccc2Cl)cc(N)n1. The summed E-state index contributed by atoms with van der Waals surface area (Å²) in [7, 11) is 0. The molecule has 6 heteroatoms. The minimum absolute atomic E-state index is 0.287. The van der Waals surface area contributed by atoms with E-state index >= 15 is 0 Å². The predicted molar refractivity (Wildman–Crippen MR) is 77.8 cm³/mol. The fourth-order valence-corrected chi connectivity index (χ4v) is 2.12. The zero-order valence-corrected chi connectivity index (χ0v) is 11.6. The Bertz CT molecular complexity index is 603. The molecule has 3 N–H and O–H groups in total. The van der Waals surface area contributed by atoms with Gasteiger partial charge in [0.05, 0.1) is 15.7 Å². The van der Waals surface area contributed by atoms with Crippen LogP contribution < -0.4 is 11.1 Å². The zero-order valence-electron chi connectivity index (χ0n) is 10.1. The molecule has 1 aromatic carbocycles. The van der Waals surface area contributed by atoms with Crippen molar-refractivity contribution >= 4 is 40.6 Å². The quantitative estimate of drug-likeness (QED) is 0.890. The summed E-state index contributed by atoms with van der Waals surface area (Å²) in [6.07, 6.45) is 0. The molecule has 0 bridgehead atoms. The lowest BCUT2D eigenvalue weighted by Crippen LogP contribution is -2.13. The van der Waals surface area contributed by atoms with Crippen LogP contribution in [-0.4, -0.2) is 10.9 Å². The summed E-state index contributed by atoms with van der Waals surface area (Å²) < 4.78 is 0. The molecular weight excluding hydrogens is 285 g/mol. The van der Waals surface area contributed by atoms with Crippen molar-refractivity contribution in [2.75, 3.05) is 11.1 Å². The summed E-state index contributed by atoms with van der Waals surface area (Å²) in [6, 6.07) is 8.13. The minimum Gasteiger partial charge on any atom is -0.384 e. The van der Waals surface area contributed by atoms with Crippen molar-refractivity contribution in [1.29, 1.82) is 0 Å². The Morgan fingerprint density at radius 3 is 2.47 bits per heavy atom. The molecule has 1 amide bonds. The number of aromatic nitrogens is 1. The van der Waals surface area contributed by atoms with Gasteiger partial charge in [0.2, 0.25) is 0 Å². The molecule has 0 radical (unpaired) electrons. The van der Waals surface area contributed by atoms with Gasteiger partial charge in [-0.05, 0) is 31.2 Å². The highest BCUT2D eigenvalue weighted by Crippen LogP contribution is 2.30. The molecule has 98 valence electrons. The van der Waals surface area contributed by atoms with Gasteiger partial charge >= 0.3 is 0 Å². The molecule has 0 saturated heterocycles. The van der Waals surface area contributed by atoms with E-state index in [4.69, 9.17) is 28.9 Å². The highest BCUT2D eigenvalue weighted by atomic mass is 35.5. The van der Waals surface area contributed by atoms with E-state index in [-0.39, 0.29) is 11.7 Å². The number of pyridine rings is 1. The number of hydrogen-bond acceptors (Lipinski definition) is 3. The van der Waals surface area contributed by atoms with Crippen molar-refractivity contribution in [1.82, 2.24) is 4.98 Å². The molecule has 0 aliphatic heterocycles. The molecule has 1 heterocycles. The molecule has 0 aliphatic carbocycles. The van der Waals surface area contributed by atoms with Gasteiger partial charge in [0.15, 0.2) is 0 Å². The first-order valence-electron chi connectivity index (χ1n) is 5.47. The van der Waals surface area contributed by atoms with E-state index in [2.05, 4.69) is 10.3 Å². The molecule has 1 aromatic heterocycles. The average molecular weight is 296 g/mol. The lowest BCUT2D eigenvalue weighted by Gasteiger charge is -2.09. The van der Waals surface area contributed by atoms with Gasteiger partial charge in [-0.15, -0.1) is 0 Å². The first-order chi connectivity index (χ1) is 8.97. The van der Waals surface area contributed by atoms with E-state index in [0.717, 1.165) is 0 Å². The van der Waals surface area contributed by atoms with Crippen LogP contribution in [0.15, 0.2) is 30.3 Å². The van der Waals surface area contributed by atoms with E-state index in [1.54, 1.807) is 31.2 Å². The number of carbonyl (C=O) groups excluding carboxylic acids is 1. The molecule has 0 atom stereocenters. The smallest absolute Gasteiger partial charge is 0.255 e. The predicted octanol–water partition coefficient (Wildman–Crippen LogP) is 3.53. The molecule has 0 unspecified atom stereocenters. The summed E-state index contributed by atoms with van der Waals surface area (Å²) in [5, 5.41) is 3.41. The molecule has 0 fully saturated rings. The maximum absolute atomic E-state index is 12.1. The molecule has 0 saturated carbocycles. The lowest BCUT2D eigenvalue weighted by atomic mass is 10.2. The maximum atomic E-state index is 12.1. The van der Waals surface area contributed by atoms with Crippen LogP contribution in [0.2, 0.25) is 10.0 Å². The molecule has 4 nitrogen and oxygen atoms in total. The Morgan fingerprint density at radius 1 is 1.26 bits per heavy atom. The second kappa shape index (κ2) is 5.47. The summed E-state index contributed by atoms with van der Waals surface area (Å²) >= 11 is 12.0. The zero-order chi connectivity index (χ0) is 14.0. The number of halogens is 2. The number of carbonyl (C=O) groups is 1. The van der Waals surface area contributed by atoms with Crippen molar-refractivity contribution < 1.29 is 4.79 Å². The van der Waals surface area contributed by atoms with E-state index in [1.807, 2.05) is 0 Å². The number of nitrogen functional groups attached to an aromatic ring is 1. The minimum atomic E-state index is -0.341. The van der Waals surface area contributed by atoms with E-state index in [0.29, 0.717) is 27.0 Å². The largest absolute Gasteiger partial charge is 0.384 e. The van der Waals surface area contributed by atoms with E-state index in [9.17, 15) is 4.79 Å². The van der Waals surface area contributed by atoms with Gasteiger partial charge in [-0.1, -0.05) is 29.3 Å². The normalized spacial score (nSPS) is 10.3. The Hall–Kier alpha value is -1.78. The number of nitrogens with zero attached hydrogens (tertiary/aromatic N) is 1. The molecule has 2 rings (SSSR count). The van der Waals surface area contributed by atoms with Crippen LogP contribution in [-0.2, 0) is 0 Å². The van der Waals surface area contributed by atoms with Crippen LogP contribution >= 0.6 is 23.2 Å². The highest BCUT2D eigenvalue weighted by molar-refractivity contribution is 6.40. The fourth-order valence-electron chi connectivity index (χ4n) is 1.63. The monoisotopic (exact) mass is 295 g/mol. The summed E-state index contributed by atoms with van der Waals surface area (Å²) in [6.45, 7) is 1.76. The van der Waals surface area contributed by atoms with E-state index in [1.165, 1.54) is 6.07 Å². The number of benzene rings is 1. The molecule has 2 aromatic rings. The Balaban J connectivity index is 2.31. The second-order valence-electron chi connectivity index (χ2n) is 3.97. The molecular formula is C13H11Cl2N3O. The number of para-hydroxylation sites is 1. The number of nitrogens with one attached hydrogen (secondary N) is 1. The van der Waals surface area contributed by atoms with Crippen molar-refractivity contribution in [3.63, 3.8) is 0 Å². The van der Waals surface area contributed by atoms with Crippen molar-refractivity contribution in [3.05, 3.63) is 51.6 Å². The number of nitrogens with two attached hydrogens (primary N) is 1. The summed E-state index contributed by atoms with van der Waals surface area (Å²) in [5.41, 5.74) is 7.05. The van der Waals surface area contributed by atoms with Gasteiger partial charge in [-0.25, -0.2) is 4.98 Å². The molecule has 19 heavy (non-hydrogen) atoms. The molecule has 0 aliphatic rings. The highest BCUT2D eigenvalue weighted by Gasteiger charge is 2.12. The van der Waals surface area contributed by atoms with Crippen LogP contribution in [0, 0.1) is 6.92 Å². The maximum Gasteiger partial charge on any atom is 0.255 e. The lowest BCUT2D eigenvalue weighted by molar-refractivity contribution is 0.102. The topological polar surface area (TPSA) is 68.0 Å². The van der Waals surface area contributed by atoms with Crippen LogP contribution in [0.3, 0.4) is 0 Å². The van der Waals surface area contributed by atoms with Gasteiger partial charge in [0.1, 0.15) is 5.82 Å². The van der Waals surface area contributed by atoms with Crippen molar-refractivity contribution in [2.24, 2.45) is 0 Å². The number of amides is 1. The van der Waals surface area contributed by atoms with Crippen molar-refractivity contribution in [2.45, 2.75) is 6.92 Å². The van der Waals surface area contributed by atoms with Crippen molar-refractivity contribution in [3.8, 4) is 0 Å². The van der Waals surface area contributed by atoms with Crippen LogP contribution in [0.25, 0.3) is 0 Å². The first kappa shape index (κ1) is 13.6. The number of rotatable bonds is 2. The van der Waals surface area contributed by atoms with E-state index < -0.39 is 0 Å². The van der Waals surface area contributed by atoms with Gasteiger partial charge in [-0.3, -0.25) is 4.79 Å². The fraction of sp³-hybridized carbons (Fsp3) is 0.0769. The second-order valence-corrected chi connectivity index (χ2v) is 4.79. The third kappa shape index (κ3) is 3.16. The Labute approximate surface area is 120 Å². The van der Waals surface area contributed by atoms with Crippen LogP contribution in [0.1, 0.15) is 16.1 Å². The number of anilines is 2. The Kier molecular flexibility index (Phi) is 3.93. The third-order valence-corrected chi connectivity index (χ3v) is 3.07. The van der Waals surface area contributed by atoms with Gasteiger partial charge in [0, 0.05) is 11.3 Å². The summed E-state index contributed by atoms with van der Waals surface area (Å²) in [5.74, 6) is -0.0531. The first-order valence-corrected chi connectivity index (χ1v) is 6.22. The third-order valence-electron chi connectivity index (χ3n) is 2.44. The van der Waals surface area contributed by atoms with Gasteiger partial charge in [-0.2, -0.15) is 0 Å². The van der Waals surface area contributed by atoms with Crippen LogP contribution in [0.5, 0.6) is 0 Å². The van der Waals surface area contributed by atoms with Gasteiger partial charge < -0.3 is 11.1 Å². The number of aryl methyl sites for hydroxylation is 1. The number of hydrogen-bond donors (Lipinski definition) is 2.